The lowest BCUT2D eigenvalue weighted by molar-refractivity contribution is 0.458. The first-order chi connectivity index (χ1) is 8.08. The summed E-state index contributed by atoms with van der Waals surface area (Å²) in [5, 5.41) is 0.504. The smallest absolute Gasteiger partial charge is 0.227 e. The molecule has 1 aromatic carbocycles. The molecule has 0 unspecified atom stereocenters. The molecular weight excluding hydrogens is 305 g/mol. The number of hydrogen-bond acceptors (Lipinski definition) is 4. The second-order valence-corrected chi connectivity index (χ2v) is 4.69. The molecule has 0 radical (unpaired) electrons. The Morgan fingerprint density at radius 3 is 2.88 bits per heavy atom. The van der Waals surface area contributed by atoms with Gasteiger partial charge in [-0.15, -0.1) is 0 Å². The molecule has 6 heteroatoms. The fourth-order valence-corrected chi connectivity index (χ4v) is 1.71. The van der Waals surface area contributed by atoms with Crippen molar-refractivity contribution in [3.05, 3.63) is 39.6 Å². The molecule has 4 nitrogen and oxygen atoms in total. The summed E-state index contributed by atoms with van der Waals surface area (Å²) < 4.78 is 6.48. The lowest BCUT2D eigenvalue weighted by Gasteiger charge is -2.09. The number of nitrogen functional groups attached to an aromatic ring is 1. The molecule has 0 aliphatic heterocycles. The van der Waals surface area contributed by atoms with Crippen LogP contribution < -0.4 is 10.5 Å². The van der Waals surface area contributed by atoms with Crippen LogP contribution in [0.3, 0.4) is 0 Å². The fraction of sp³-hybridized carbons (Fsp3) is 0.0909. The van der Waals surface area contributed by atoms with Crippen molar-refractivity contribution in [1.29, 1.82) is 0 Å². The number of aromatic nitrogens is 2. The van der Waals surface area contributed by atoms with E-state index in [0.29, 0.717) is 28.0 Å². The Morgan fingerprint density at radius 1 is 1.35 bits per heavy atom. The van der Waals surface area contributed by atoms with Crippen molar-refractivity contribution in [2.45, 2.75) is 6.92 Å². The van der Waals surface area contributed by atoms with Crippen LogP contribution in [0, 0.1) is 6.92 Å². The molecule has 0 fully saturated rings. The molecule has 0 aliphatic rings. The van der Waals surface area contributed by atoms with E-state index in [0.717, 1.165) is 4.47 Å². The van der Waals surface area contributed by atoms with Crippen molar-refractivity contribution in [2.24, 2.45) is 0 Å². The van der Waals surface area contributed by atoms with Gasteiger partial charge in [-0.05, 0) is 25.1 Å². The van der Waals surface area contributed by atoms with Crippen molar-refractivity contribution < 1.29 is 4.74 Å². The van der Waals surface area contributed by atoms with Gasteiger partial charge in [0.15, 0.2) is 0 Å². The van der Waals surface area contributed by atoms with Gasteiger partial charge in [-0.25, -0.2) is 9.97 Å². The van der Waals surface area contributed by atoms with Crippen LogP contribution in [0.25, 0.3) is 0 Å². The Kier molecular flexibility index (Phi) is 3.49. The number of nitrogens with zero attached hydrogens (tertiary/aromatic N) is 2. The molecule has 1 aromatic heterocycles. The molecule has 2 N–H and O–H groups in total. The third-order valence-corrected chi connectivity index (χ3v) is 2.98. The minimum atomic E-state index is 0.390. The highest BCUT2D eigenvalue weighted by Crippen LogP contribution is 2.32. The second kappa shape index (κ2) is 4.89. The van der Waals surface area contributed by atoms with Crippen molar-refractivity contribution >= 4 is 33.3 Å². The maximum absolute atomic E-state index is 6.02. The minimum Gasteiger partial charge on any atom is -0.437 e. The van der Waals surface area contributed by atoms with Crippen LogP contribution in [0.4, 0.5) is 5.82 Å². The summed E-state index contributed by atoms with van der Waals surface area (Å²) in [5.74, 6) is 1.31. The second-order valence-electron chi connectivity index (χ2n) is 3.37. The first-order valence-electron chi connectivity index (χ1n) is 4.78. The molecule has 2 aromatic rings. The average molecular weight is 315 g/mol. The van der Waals surface area contributed by atoms with E-state index < -0.39 is 0 Å². The zero-order valence-corrected chi connectivity index (χ0v) is 11.3. The molecule has 2 rings (SSSR count). The molecule has 0 amide bonds. The molecule has 0 saturated heterocycles. The van der Waals surface area contributed by atoms with Crippen LogP contribution in [0.5, 0.6) is 11.6 Å². The third-order valence-electron chi connectivity index (χ3n) is 2.18. The maximum Gasteiger partial charge on any atom is 0.227 e. The van der Waals surface area contributed by atoms with Gasteiger partial charge in [0.25, 0.3) is 0 Å². The van der Waals surface area contributed by atoms with Crippen LogP contribution in [-0.4, -0.2) is 9.97 Å². The van der Waals surface area contributed by atoms with Gasteiger partial charge in [0.1, 0.15) is 17.9 Å². The van der Waals surface area contributed by atoms with Crippen molar-refractivity contribution in [3.8, 4) is 11.6 Å². The van der Waals surface area contributed by atoms with Gasteiger partial charge in [-0.3, -0.25) is 0 Å². The van der Waals surface area contributed by atoms with Crippen LogP contribution in [0.2, 0.25) is 5.02 Å². The molecule has 0 bridgehead atoms. The van der Waals surface area contributed by atoms with Crippen LogP contribution in [0.1, 0.15) is 5.56 Å². The predicted molar refractivity (Wildman–Crippen MR) is 70.4 cm³/mol. The van der Waals surface area contributed by atoms with Gasteiger partial charge < -0.3 is 10.5 Å². The van der Waals surface area contributed by atoms with Gasteiger partial charge >= 0.3 is 0 Å². The largest absolute Gasteiger partial charge is 0.437 e. The molecule has 0 saturated carbocycles. The Hall–Kier alpha value is -1.33. The van der Waals surface area contributed by atoms with Gasteiger partial charge in [0.2, 0.25) is 5.88 Å². The Bertz CT molecular complexity index is 562. The Labute approximate surface area is 112 Å². The predicted octanol–water partition coefficient (Wildman–Crippen LogP) is 3.58. The quantitative estimate of drug-likeness (QED) is 0.920. The molecular formula is C11H9BrClN3O. The summed E-state index contributed by atoms with van der Waals surface area (Å²) in [6, 6.07) is 5.33. The van der Waals surface area contributed by atoms with Crippen LogP contribution in [-0.2, 0) is 0 Å². The third kappa shape index (κ3) is 2.68. The summed E-state index contributed by atoms with van der Waals surface area (Å²) >= 11 is 9.36. The highest BCUT2D eigenvalue weighted by Gasteiger charge is 2.09. The molecule has 17 heavy (non-hydrogen) atoms. The van der Waals surface area contributed by atoms with Gasteiger partial charge in [0, 0.05) is 4.47 Å². The Morgan fingerprint density at radius 2 is 2.12 bits per heavy atom. The van der Waals surface area contributed by atoms with E-state index in [2.05, 4.69) is 25.9 Å². The SMILES string of the molecule is Cc1c(N)ncnc1Oc1cc(Br)ccc1Cl. The monoisotopic (exact) mass is 313 g/mol. The van der Waals surface area contributed by atoms with Crippen molar-refractivity contribution in [3.63, 3.8) is 0 Å². The Balaban J connectivity index is 2.38. The topological polar surface area (TPSA) is 61.0 Å². The summed E-state index contributed by atoms with van der Waals surface area (Å²) in [4.78, 5) is 7.88. The van der Waals surface area contributed by atoms with E-state index in [1.807, 2.05) is 6.07 Å². The summed E-state index contributed by atoms with van der Waals surface area (Å²) in [6.07, 6.45) is 1.35. The zero-order valence-electron chi connectivity index (χ0n) is 8.95. The van der Waals surface area contributed by atoms with Crippen LogP contribution >= 0.6 is 27.5 Å². The highest BCUT2D eigenvalue weighted by molar-refractivity contribution is 9.10. The number of ether oxygens (including phenoxy) is 1. The lowest BCUT2D eigenvalue weighted by Crippen LogP contribution is -1.99. The normalized spacial score (nSPS) is 10.3. The minimum absolute atomic E-state index is 0.390. The first kappa shape index (κ1) is 12.1. The van der Waals surface area contributed by atoms with Crippen molar-refractivity contribution in [1.82, 2.24) is 9.97 Å². The number of rotatable bonds is 2. The number of benzene rings is 1. The van der Waals surface area contributed by atoms with E-state index >= 15 is 0 Å². The number of anilines is 1. The first-order valence-corrected chi connectivity index (χ1v) is 5.95. The fourth-order valence-electron chi connectivity index (χ4n) is 1.21. The number of hydrogen-bond donors (Lipinski definition) is 1. The van der Waals surface area contributed by atoms with Crippen molar-refractivity contribution in [2.75, 3.05) is 5.73 Å². The summed E-state index contributed by atoms with van der Waals surface area (Å²) in [6.45, 7) is 1.79. The molecule has 88 valence electrons. The number of nitrogens with two attached hydrogens (primary N) is 1. The van der Waals surface area contributed by atoms with Gasteiger partial charge in [0.05, 0.1) is 10.6 Å². The zero-order chi connectivity index (χ0) is 12.4. The van der Waals surface area contributed by atoms with E-state index in [4.69, 9.17) is 22.1 Å². The summed E-state index contributed by atoms with van der Waals surface area (Å²) in [7, 11) is 0. The van der Waals surface area contributed by atoms with E-state index in [1.165, 1.54) is 6.33 Å². The molecule has 0 aliphatic carbocycles. The molecule has 0 spiro atoms. The van der Waals surface area contributed by atoms with Gasteiger partial charge in [-0.2, -0.15) is 0 Å². The van der Waals surface area contributed by atoms with Gasteiger partial charge in [-0.1, -0.05) is 27.5 Å². The summed E-state index contributed by atoms with van der Waals surface area (Å²) in [5.41, 5.74) is 6.35. The van der Waals surface area contributed by atoms with Crippen LogP contribution in [0.15, 0.2) is 29.0 Å². The molecule has 1 heterocycles. The van der Waals surface area contributed by atoms with E-state index in [9.17, 15) is 0 Å². The molecule has 0 atom stereocenters. The average Bonchev–Trinajstić information content (AvgIpc) is 2.30. The maximum atomic E-state index is 6.02. The van der Waals surface area contributed by atoms with E-state index in [1.54, 1.807) is 19.1 Å². The van der Waals surface area contributed by atoms with E-state index in [-0.39, 0.29) is 0 Å². The highest BCUT2D eigenvalue weighted by atomic mass is 79.9. The lowest BCUT2D eigenvalue weighted by atomic mass is 10.3. The standard InChI is InChI=1S/C11H9BrClN3O/c1-6-10(14)15-5-16-11(6)17-9-4-7(12)2-3-8(9)13/h2-5H,1H3,(H2,14,15,16). The number of halogens is 2.